The molecule has 2 N–H and O–H groups in total. The fourth-order valence-corrected chi connectivity index (χ4v) is 4.86. The second-order valence-electron chi connectivity index (χ2n) is 7.97. The molecular weight excluding hydrogens is 430 g/mol. The van der Waals surface area contributed by atoms with Crippen LogP contribution in [0.3, 0.4) is 0 Å². The zero-order valence-electron chi connectivity index (χ0n) is 17.0. The third-order valence-electron chi connectivity index (χ3n) is 5.14. The van der Waals surface area contributed by atoms with Crippen LogP contribution in [-0.2, 0) is 14.8 Å². The molecule has 8 nitrogen and oxygen atoms in total. The molecule has 1 heterocycles. The summed E-state index contributed by atoms with van der Waals surface area (Å²) in [6.07, 6.45) is 4.13. The van der Waals surface area contributed by atoms with Crippen molar-refractivity contribution in [3.05, 3.63) is 28.8 Å². The Morgan fingerprint density at radius 2 is 2.00 bits per heavy atom. The second kappa shape index (κ2) is 9.98. The second-order valence-corrected chi connectivity index (χ2v) is 10.3. The van der Waals surface area contributed by atoms with Gasteiger partial charge in [-0.05, 0) is 62.3 Å². The molecule has 2 aliphatic rings. The number of sulfonamides is 1. The highest BCUT2D eigenvalue weighted by atomic mass is 35.5. The first-order chi connectivity index (χ1) is 14.2. The summed E-state index contributed by atoms with van der Waals surface area (Å²) in [6.45, 7) is 2.94. The Morgan fingerprint density at radius 3 is 2.67 bits per heavy atom. The van der Waals surface area contributed by atoms with Gasteiger partial charge in [-0.1, -0.05) is 18.0 Å². The van der Waals surface area contributed by atoms with Crippen LogP contribution in [0.15, 0.2) is 18.2 Å². The maximum absolute atomic E-state index is 12.4. The van der Waals surface area contributed by atoms with Crippen LogP contribution in [0.4, 0.5) is 4.79 Å². The minimum absolute atomic E-state index is 0.00588. The first-order valence-electron chi connectivity index (χ1n) is 10.2. The van der Waals surface area contributed by atoms with Crippen molar-refractivity contribution in [3.8, 4) is 5.75 Å². The zero-order valence-corrected chi connectivity index (χ0v) is 18.6. The topological polar surface area (TPSA) is 105 Å². The smallest absolute Gasteiger partial charge is 0.324 e. The van der Waals surface area contributed by atoms with E-state index in [1.807, 2.05) is 6.07 Å². The SMILES string of the molecule is C[C@@H](NS(=O)(=O)CCCCCN1CC(=O)NC1=O)c1cc(Cl)cc(OCC2CC2)c1. The predicted octanol–water partition coefficient (Wildman–Crippen LogP) is 2.83. The summed E-state index contributed by atoms with van der Waals surface area (Å²) in [6, 6.07) is 4.48. The van der Waals surface area contributed by atoms with Crippen LogP contribution in [0.1, 0.15) is 50.6 Å². The Labute approximate surface area is 182 Å². The van der Waals surface area contributed by atoms with E-state index in [0.717, 1.165) is 5.56 Å². The van der Waals surface area contributed by atoms with Crippen molar-refractivity contribution in [3.63, 3.8) is 0 Å². The Balaban J connectivity index is 1.42. The van der Waals surface area contributed by atoms with E-state index >= 15 is 0 Å². The maximum Gasteiger partial charge on any atom is 0.324 e. The molecule has 1 saturated heterocycles. The lowest BCUT2D eigenvalue weighted by molar-refractivity contribution is -0.118. The van der Waals surface area contributed by atoms with Crippen LogP contribution in [0.2, 0.25) is 5.02 Å². The monoisotopic (exact) mass is 457 g/mol. The van der Waals surface area contributed by atoms with Crippen molar-refractivity contribution in [2.75, 3.05) is 25.4 Å². The molecule has 1 aromatic carbocycles. The van der Waals surface area contributed by atoms with Gasteiger partial charge < -0.3 is 9.64 Å². The maximum atomic E-state index is 12.4. The predicted molar refractivity (Wildman–Crippen MR) is 114 cm³/mol. The third-order valence-corrected chi connectivity index (χ3v) is 6.90. The van der Waals surface area contributed by atoms with Crippen LogP contribution in [-0.4, -0.2) is 50.7 Å². The molecular formula is C20H28ClN3O5S. The average Bonchev–Trinajstić information content (AvgIpc) is 3.43. The summed E-state index contributed by atoms with van der Waals surface area (Å²) in [7, 11) is -3.47. The molecule has 0 unspecified atom stereocenters. The van der Waals surface area contributed by atoms with Crippen molar-refractivity contribution in [2.45, 2.75) is 45.1 Å². The number of urea groups is 1. The van der Waals surface area contributed by atoms with Gasteiger partial charge in [0, 0.05) is 17.6 Å². The highest BCUT2D eigenvalue weighted by Gasteiger charge is 2.26. The largest absolute Gasteiger partial charge is 0.493 e. The molecule has 30 heavy (non-hydrogen) atoms. The first kappa shape index (κ1) is 22.8. The van der Waals surface area contributed by atoms with Gasteiger partial charge in [0.05, 0.1) is 12.4 Å². The number of carbonyl (C=O) groups excluding carboxylic acids is 2. The van der Waals surface area contributed by atoms with Crippen LogP contribution in [0, 0.1) is 5.92 Å². The van der Waals surface area contributed by atoms with Gasteiger partial charge in [-0.3, -0.25) is 10.1 Å². The number of unbranched alkanes of at least 4 members (excludes halogenated alkanes) is 2. The lowest BCUT2D eigenvalue weighted by Crippen LogP contribution is -2.30. The van der Waals surface area contributed by atoms with Gasteiger partial charge in [0.25, 0.3) is 0 Å². The van der Waals surface area contributed by atoms with Crippen LogP contribution < -0.4 is 14.8 Å². The van der Waals surface area contributed by atoms with Gasteiger partial charge in [0.2, 0.25) is 15.9 Å². The highest BCUT2D eigenvalue weighted by Crippen LogP contribution is 2.31. The van der Waals surface area contributed by atoms with Crippen molar-refractivity contribution in [2.24, 2.45) is 5.92 Å². The van der Waals surface area contributed by atoms with E-state index in [2.05, 4.69) is 10.0 Å². The number of ether oxygens (including phenoxy) is 1. The van der Waals surface area contributed by atoms with E-state index in [1.165, 1.54) is 17.7 Å². The first-order valence-corrected chi connectivity index (χ1v) is 12.3. The standard InChI is InChI=1S/C20H28ClN3O5S/c1-14(16-9-17(21)11-18(10-16)29-13-15-5-6-15)23-30(27,28)8-4-2-3-7-24-12-19(25)22-20(24)26/h9-11,14-15,23H,2-8,12-13H2,1H3,(H,22,25,26)/t14-/m1/s1. The Kier molecular flexibility index (Phi) is 7.60. The molecule has 1 aromatic rings. The fraction of sp³-hybridized carbons (Fsp3) is 0.600. The molecule has 2 fully saturated rings. The number of hydrogen-bond acceptors (Lipinski definition) is 5. The highest BCUT2D eigenvalue weighted by molar-refractivity contribution is 7.89. The summed E-state index contributed by atoms with van der Waals surface area (Å²) in [4.78, 5) is 24.0. The minimum Gasteiger partial charge on any atom is -0.493 e. The van der Waals surface area contributed by atoms with Crippen molar-refractivity contribution < 1.29 is 22.7 Å². The molecule has 0 bridgehead atoms. The number of amides is 3. The summed E-state index contributed by atoms with van der Waals surface area (Å²) < 4.78 is 33.3. The van der Waals surface area contributed by atoms with E-state index in [9.17, 15) is 18.0 Å². The average molecular weight is 458 g/mol. The summed E-state index contributed by atoms with van der Waals surface area (Å²) in [5.74, 6) is 0.958. The number of nitrogens with zero attached hydrogens (tertiary/aromatic N) is 1. The van der Waals surface area contributed by atoms with Gasteiger partial charge in [-0.2, -0.15) is 0 Å². The van der Waals surface area contributed by atoms with Crippen molar-refractivity contribution >= 4 is 33.6 Å². The van der Waals surface area contributed by atoms with E-state index in [1.54, 1.807) is 19.1 Å². The number of rotatable bonds is 12. The molecule has 0 aromatic heterocycles. The van der Waals surface area contributed by atoms with Crippen molar-refractivity contribution in [1.29, 1.82) is 0 Å². The summed E-state index contributed by atoms with van der Waals surface area (Å²) >= 11 is 6.18. The van der Waals surface area contributed by atoms with Gasteiger partial charge in [-0.15, -0.1) is 0 Å². The van der Waals surface area contributed by atoms with E-state index in [4.69, 9.17) is 16.3 Å². The number of nitrogens with one attached hydrogen (secondary N) is 2. The van der Waals surface area contributed by atoms with Gasteiger partial charge in [-0.25, -0.2) is 17.9 Å². The minimum atomic E-state index is -3.47. The number of carbonyl (C=O) groups is 2. The Hall–Kier alpha value is -1.84. The molecule has 0 radical (unpaired) electrons. The van der Waals surface area contributed by atoms with E-state index < -0.39 is 16.1 Å². The molecule has 1 atom stereocenters. The Bertz CT molecular complexity index is 888. The number of imide groups is 1. The Morgan fingerprint density at radius 1 is 1.23 bits per heavy atom. The van der Waals surface area contributed by atoms with Crippen LogP contribution in [0.5, 0.6) is 5.75 Å². The molecule has 1 aliphatic carbocycles. The molecule has 10 heteroatoms. The fourth-order valence-electron chi connectivity index (χ4n) is 3.25. The quantitative estimate of drug-likeness (QED) is 0.371. The number of hydrogen-bond donors (Lipinski definition) is 2. The van der Waals surface area contributed by atoms with E-state index in [-0.39, 0.29) is 24.2 Å². The molecule has 3 amide bonds. The lowest BCUT2D eigenvalue weighted by atomic mass is 10.1. The molecule has 3 rings (SSSR count). The number of benzene rings is 1. The molecule has 1 aliphatic heterocycles. The normalized spacial score (nSPS) is 17.9. The van der Waals surface area contributed by atoms with Gasteiger partial charge >= 0.3 is 6.03 Å². The lowest BCUT2D eigenvalue weighted by Gasteiger charge is -2.17. The third kappa shape index (κ3) is 7.14. The van der Waals surface area contributed by atoms with Crippen LogP contribution in [0.25, 0.3) is 0 Å². The molecule has 1 saturated carbocycles. The van der Waals surface area contributed by atoms with Crippen LogP contribution >= 0.6 is 11.6 Å². The summed E-state index contributed by atoms with van der Waals surface area (Å²) in [5, 5.41) is 2.73. The molecule has 166 valence electrons. The van der Waals surface area contributed by atoms with Crippen molar-refractivity contribution in [1.82, 2.24) is 14.9 Å². The molecule has 0 spiro atoms. The zero-order chi connectivity index (χ0) is 21.7. The van der Waals surface area contributed by atoms with Gasteiger partial charge in [0.15, 0.2) is 0 Å². The van der Waals surface area contributed by atoms with E-state index in [0.29, 0.717) is 49.1 Å². The summed E-state index contributed by atoms with van der Waals surface area (Å²) in [5.41, 5.74) is 0.751. The number of halogens is 1. The van der Waals surface area contributed by atoms with Gasteiger partial charge in [0.1, 0.15) is 12.3 Å².